The topological polar surface area (TPSA) is 49.3 Å². The van der Waals surface area contributed by atoms with Crippen molar-refractivity contribution in [3.05, 3.63) is 0 Å². The second-order valence-electron chi connectivity index (χ2n) is 6.06. The summed E-state index contributed by atoms with van der Waals surface area (Å²) in [6.07, 6.45) is 12.7. The Kier molecular flexibility index (Phi) is 8.11. The van der Waals surface area contributed by atoms with Crippen molar-refractivity contribution in [2.45, 2.75) is 77.6 Å². The van der Waals surface area contributed by atoms with Gasteiger partial charge in [-0.15, -0.1) is 0 Å². The first-order chi connectivity index (χ1) is 9.21. The van der Waals surface area contributed by atoms with Crippen LogP contribution in [0.15, 0.2) is 0 Å². The fourth-order valence-corrected chi connectivity index (χ4v) is 3.07. The first-order valence-corrected chi connectivity index (χ1v) is 8.15. The molecule has 0 saturated carbocycles. The number of unbranched alkanes of at least 4 members (excludes halogenated alkanes) is 7. The van der Waals surface area contributed by atoms with Gasteiger partial charge in [-0.1, -0.05) is 58.3 Å². The Labute approximate surface area is 118 Å². The summed E-state index contributed by atoms with van der Waals surface area (Å²) in [5, 5.41) is 12.7. The standard InChI is InChI=1S/C16H31NO2/c1-2-3-4-5-6-7-8-9-10-16(15(18)19)11-13-17-14-12-16/h17H,2-14H2,1H3,(H,18,19). The third kappa shape index (κ3) is 5.94. The highest BCUT2D eigenvalue weighted by Gasteiger charge is 2.38. The highest BCUT2D eigenvalue weighted by atomic mass is 16.4. The van der Waals surface area contributed by atoms with Gasteiger partial charge in [0.05, 0.1) is 5.41 Å². The summed E-state index contributed by atoms with van der Waals surface area (Å²) in [4.78, 5) is 11.5. The van der Waals surface area contributed by atoms with Crippen molar-refractivity contribution in [2.75, 3.05) is 13.1 Å². The van der Waals surface area contributed by atoms with Gasteiger partial charge in [0.1, 0.15) is 0 Å². The first kappa shape index (κ1) is 16.5. The first-order valence-electron chi connectivity index (χ1n) is 8.15. The molecule has 1 aliphatic rings. The van der Waals surface area contributed by atoms with Gasteiger partial charge in [0, 0.05) is 0 Å². The molecule has 1 heterocycles. The maximum atomic E-state index is 11.5. The Balaban J connectivity index is 2.10. The second-order valence-corrected chi connectivity index (χ2v) is 6.06. The van der Waals surface area contributed by atoms with Crippen LogP contribution in [0.3, 0.4) is 0 Å². The van der Waals surface area contributed by atoms with Crippen LogP contribution in [-0.2, 0) is 4.79 Å². The van der Waals surface area contributed by atoms with E-state index in [2.05, 4.69) is 12.2 Å². The molecule has 1 saturated heterocycles. The molecule has 3 heteroatoms. The van der Waals surface area contributed by atoms with Crippen LogP contribution in [0.25, 0.3) is 0 Å². The molecule has 1 rings (SSSR count). The summed E-state index contributed by atoms with van der Waals surface area (Å²) < 4.78 is 0. The Bertz CT molecular complexity index is 247. The predicted octanol–water partition coefficient (Wildman–Crippen LogP) is 3.97. The summed E-state index contributed by atoms with van der Waals surface area (Å²) >= 11 is 0. The summed E-state index contributed by atoms with van der Waals surface area (Å²) in [5.74, 6) is -0.572. The van der Waals surface area contributed by atoms with Crippen molar-refractivity contribution >= 4 is 5.97 Å². The fraction of sp³-hybridized carbons (Fsp3) is 0.938. The lowest BCUT2D eigenvalue weighted by molar-refractivity contribution is -0.151. The molecule has 3 nitrogen and oxygen atoms in total. The fourth-order valence-electron chi connectivity index (χ4n) is 3.07. The van der Waals surface area contributed by atoms with E-state index in [1.165, 1.54) is 44.9 Å². The van der Waals surface area contributed by atoms with Crippen LogP contribution in [0, 0.1) is 5.41 Å². The van der Waals surface area contributed by atoms with Gasteiger partial charge in [-0.05, 0) is 32.4 Å². The molecule has 0 unspecified atom stereocenters. The lowest BCUT2D eigenvalue weighted by Crippen LogP contribution is -2.42. The minimum atomic E-state index is -0.572. The number of nitrogens with one attached hydrogen (secondary N) is 1. The van der Waals surface area contributed by atoms with E-state index < -0.39 is 11.4 Å². The molecule has 1 aliphatic heterocycles. The number of aliphatic carboxylic acids is 1. The van der Waals surface area contributed by atoms with Gasteiger partial charge in [-0.3, -0.25) is 4.79 Å². The summed E-state index contributed by atoms with van der Waals surface area (Å²) in [7, 11) is 0. The Morgan fingerprint density at radius 3 is 2.05 bits per heavy atom. The van der Waals surface area contributed by atoms with E-state index in [1.54, 1.807) is 0 Å². The number of hydrogen-bond acceptors (Lipinski definition) is 2. The number of hydrogen-bond donors (Lipinski definition) is 2. The van der Waals surface area contributed by atoms with Gasteiger partial charge in [0.25, 0.3) is 0 Å². The van der Waals surface area contributed by atoms with Gasteiger partial charge in [0.15, 0.2) is 0 Å². The summed E-state index contributed by atoms with van der Waals surface area (Å²) in [6.45, 7) is 3.97. The van der Waals surface area contributed by atoms with Crippen LogP contribution >= 0.6 is 0 Å². The largest absolute Gasteiger partial charge is 0.481 e. The summed E-state index contributed by atoms with van der Waals surface area (Å²) in [6, 6.07) is 0. The molecule has 2 N–H and O–H groups in total. The minimum Gasteiger partial charge on any atom is -0.481 e. The van der Waals surface area contributed by atoms with E-state index >= 15 is 0 Å². The highest BCUT2D eigenvalue weighted by Crippen LogP contribution is 2.35. The van der Waals surface area contributed by atoms with Crippen molar-refractivity contribution in [3.63, 3.8) is 0 Å². The number of carboxylic acid groups (broad SMARTS) is 1. The van der Waals surface area contributed by atoms with E-state index in [9.17, 15) is 9.90 Å². The van der Waals surface area contributed by atoms with Crippen molar-refractivity contribution in [2.24, 2.45) is 5.41 Å². The number of carbonyl (C=O) groups is 1. The van der Waals surface area contributed by atoms with Crippen molar-refractivity contribution in [3.8, 4) is 0 Å². The Morgan fingerprint density at radius 1 is 1.00 bits per heavy atom. The van der Waals surface area contributed by atoms with Crippen LogP contribution < -0.4 is 5.32 Å². The van der Waals surface area contributed by atoms with Crippen LogP contribution in [0.1, 0.15) is 77.6 Å². The second kappa shape index (κ2) is 9.35. The molecule has 0 amide bonds. The maximum Gasteiger partial charge on any atom is 0.309 e. The molecule has 0 aromatic rings. The highest BCUT2D eigenvalue weighted by molar-refractivity contribution is 5.74. The monoisotopic (exact) mass is 269 g/mol. The molecule has 0 aromatic carbocycles. The smallest absolute Gasteiger partial charge is 0.309 e. The van der Waals surface area contributed by atoms with Gasteiger partial charge < -0.3 is 10.4 Å². The molecular formula is C16H31NO2. The average Bonchev–Trinajstić information content (AvgIpc) is 2.42. The van der Waals surface area contributed by atoms with Crippen LogP contribution in [0.4, 0.5) is 0 Å². The van der Waals surface area contributed by atoms with Crippen LogP contribution in [0.2, 0.25) is 0 Å². The van der Waals surface area contributed by atoms with Crippen molar-refractivity contribution < 1.29 is 9.90 Å². The number of piperidine rings is 1. The molecule has 112 valence electrons. The van der Waals surface area contributed by atoms with E-state index in [0.717, 1.165) is 38.8 Å². The molecule has 1 fully saturated rings. The molecule has 0 radical (unpaired) electrons. The molecule has 0 spiro atoms. The third-order valence-electron chi connectivity index (χ3n) is 4.52. The molecule has 0 aromatic heterocycles. The molecular weight excluding hydrogens is 238 g/mol. The summed E-state index contributed by atoms with van der Waals surface area (Å²) in [5.41, 5.74) is -0.423. The Morgan fingerprint density at radius 2 is 1.53 bits per heavy atom. The number of rotatable bonds is 10. The van der Waals surface area contributed by atoms with Gasteiger partial charge in [-0.25, -0.2) is 0 Å². The average molecular weight is 269 g/mol. The van der Waals surface area contributed by atoms with Crippen LogP contribution in [-0.4, -0.2) is 24.2 Å². The molecule has 0 bridgehead atoms. The van der Waals surface area contributed by atoms with E-state index in [1.807, 2.05) is 0 Å². The van der Waals surface area contributed by atoms with Crippen LogP contribution in [0.5, 0.6) is 0 Å². The zero-order chi connectivity index (χ0) is 14.0. The predicted molar refractivity (Wildman–Crippen MR) is 79.4 cm³/mol. The van der Waals surface area contributed by atoms with Crippen molar-refractivity contribution in [1.29, 1.82) is 0 Å². The SMILES string of the molecule is CCCCCCCCCCC1(C(=O)O)CCNCC1. The third-order valence-corrected chi connectivity index (χ3v) is 4.52. The zero-order valence-corrected chi connectivity index (χ0v) is 12.5. The van der Waals surface area contributed by atoms with Crippen molar-refractivity contribution in [1.82, 2.24) is 5.32 Å². The van der Waals surface area contributed by atoms with Gasteiger partial charge in [-0.2, -0.15) is 0 Å². The van der Waals surface area contributed by atoms with Gasteiger partial charge in [0.2, 0.25) is 0 Å². The number of carboxylic acids is 1. The molecule has 19 heavy (non-hydrogen) atoms. The molecule has 0 atom stereocenters. The zero-order valence-electron chi connectivity index (χ0n) is 12.5. The Hall–Kier alpha value is -0.570. The maximum absolute atomic E-state index is 11.5. The van der Waals surface area contributed by atoms with E-state index in [4.69, 9.17) is 0 Å². The quantitative estimate of drug-likeness (QED) is 0.590. The lowest BCUT2D eigenvalue weighted by atomic mass is 9.75. The van der Waals surface area contributed by atoms with E-state index in [-0.39, 0.29) is 0 Å². The molecule has 0 aliphatic carbocycles. The van der Waals surface area contributed by atoms with Gasteiger partial charge >= 0.3 is 5.97 Å². The minimum absolute atomic E-state index is 0.423. The lowest BCUT2D eigenvalue weighted by Gasteiger charge is -2.33. The normalized spacial score (nSPS) is 18.4. The van der Waals surface area contributed by atoms with E-state index in [0.29, 0.717) is 0 Å².